The van der Waals surface area contributed by atoms with Gasteiger partial charge in [0.05, 0.1) is 6.20 Å². The van der Waals surface area contributed by atoms with Gasteiger partial charge in [-0.2, -0.15) is 5.10 Å². The van der Waals surface area contributed by atoms with Crippen molar-refractivity contribution in [3.05, 3.63) is 52.3 Å². The third-order valence-electron chi connectivity index (χ3n) is 3.30. The first-order chi connectivity index (χ1) is 9.10. The highest BCUT2D eigenvalue weighted by Crippen LogP contribution is 2.24. The Balaban J connectivity index is 2.09. The fourth-order valence-corrected chi connectivity index (χ4v) is 2.41. The minimum atomic E-state index is 0.0962. The number of nitrogens with two attached hydrogens (primary N) is 1. The number of rotatable bonds is 5. The van der Waals surface area contributed by atoms with Crippen LogP contribution in [0.5, 0.6) is 0 Å². The lowest BCUT2D eigenvalue weighted by Crippen LogP contribution is -2.29. The topological polar surface area (TPSA) is 55.9 Å². The molecule has 0 saturated heterocycles. The molecule has 0 aliphatic carbocycles. The van der Waals surface area contributed by atoms with Crippen LogP contribution < -0.4 is 11.3 Å². The Morgan fingerprint density at radius 2 is 2.26 bits per heavy atom. The van der Waals surface area contributed by atoms with Crippen LogP contribution in [0, 0.1) is 6.92 Å². The molecule has 1 unspecified atom stereocenters. The lowest BCUT2D eigenvalue weighted by Gasteiger charge is -2.18. The van der Waals surface area contributed by atoms with Gasteiger partial charge in [-0.25, -0.2) is 0 Å². The Morgan fingerprint density at radius 3 is 2.89 bits per heavy atom. The van der Waals surface area contributed by atoms with Gasteiger partial charge in [-0.05, 0) is 48.6 Å². The van der Waals surface area contributed by atoms with E-state index in [0.717, 1.165) is 23.4 Å². The molecule has 1 aromatic heterocycles. The summed E-state index contributed by atoms with van der Waals surface area (Å²) in [6.07, 6.45) is 5.74. The predicted octanol–water partition coefficient (Wildman–Crippen LogP) is 2.52. The molecule has 0 amide bonds. The second kappa shape index (κ2) is 6.19. The van der Waals surface area contributed by atoms with E-state index < -0.39 is 0 Å². The highest BCUT2D eigenvalue weighted by molar-refractivity contribution is 6.30. The van der Waals surface area contributed by atoms with Gasteiger partial charge in [0, 0.05) is 24.3 Å². The van der Waals surface area contributed by atoms with Gasteiger partial charge in [0.25, 0.3) is 0 Å². The van der Waals surface area contributed by atoms with Crippen molar-refractivity contribution in [2.45, 2.75) is 25.8 Å². The fraction of sp³-hybridized carbons (Fsp3) is 0.357. The van der Waals surface area contributed by atoms with Gasteiger partial charge >= 0.3 is 0 Å². The Morgan fingerprint density at radius 1 is 1.47 bits per heavy atom. The minimum Gasteiger partial charge on any atom is -0.276 e. The summed E-state index contributed by atoms with van der Waals surface area (Å²) in [5.41, 5.74) is 6.43. The van der Waals surface area contributed by atoms with E-state index in [0.29, 0.717) is 0 Å². The molecule has 3 N–H and O–H groups in total. The molecule has 0 radical (unpaired) electrons. The van der Waals surface area contributed by atoms with Crippen molar-refractivity contribution in [2.24, 2.45) is 12.9 Å². The van der Waals surface area contributed by atoms with Crippen molar-refractivity contribution in [2.75, 3.05) is 0 Å². The van der Waals surface area contributed by atoms with E-state index >= 15 is 0 Å². The number of hydrazine groups is 1. The Labute approximate surface area is 118 Å². The summed E-state index contributed by atoms with van der Waals surface area (Å²) in [6.45, 7) is 2.07. The molecule has 0 aliphatic heterocycles. The summed E-state index contributed by atoms with van der Waals surface area (Å²) < 4.78 is 1.81. The third kappa shape index (κ3) is 3.56. The van der Waals surface area contributed by atoms with Crippen molar-refractivity contribution in [3.8, 4) is 0 Å². The molecule has 5 heteroatoms. The molecule has 1 atom stereocenters. The highest BCUT2D eigenvalue weighted by Gasteiger charge is 2.13. The highest BCUT2D eigenvalue weighted by atomic mass is 35.5. The van der Waals surface area contributed by atoms with Gasteiger partial charge in [-0.3, -0.25) is 16.0 Å². The van der Waals surface area contributed by atoms with Gasteiger partial charge in [-0.1, -0.05) is 17.7 Å². The van der Waals surface area contributed by atoms with E-state index in [2.05, 4.69) is 17.4 Å². The summed E-state index contributed by atoms with van der Waals surface area (Å²) in [5.74, 6) is 5.68. The number of benzene rings is 1. The number of nitrogens with one attached hydrogen (secondary N) is 1. The molecule has 0 aliphatic rings. The lowest BCUT2D eigenvalue weighted by atomic mass is 9.97. The zero-order valence-electron chi connectivity index (χ0n) is 11.2. The van der Waals surface area contributed by atoms with Gasteiger partial charge in [0.15, 0.2) is 0 Å². The van der Waals surface area contributed by atoms with Crippen LogP contribution in [0.4, 0.5) is 0 Å². The van der Waals surface area contributed by atoms with Crippen LogP contribution in [0.3, 0.4) is 0 Å². The van der Waals surface area contributed by atoms with Crippen molar-refractivity contribution < 1.29 is 0 Å². The largest absolute Gasteiger partial charge is 0.276 e. The van der Waals surface area contributed by atoms with Gasteiger partial charge in [0.1, 0.15) is 0 Å². The van der Waals surface area contributed by atoms with Crippen LogP contribution in [0.25, 0.3) is 0 Å². The first-order valence-electron chi connectivity index (χ1n) is 6.30. The SMILES string of the molecule is Cc1ccc(Cl)cc1C(CCc1cnn(C)c1)NN. The van der Waals surface area contributed by atoms with E-state index in [4.69, 9.17) is 17.4 Å². The number of halogens is 1. The average Bonchev–Trinajstić information content (AvgIpc) is 2.80. The molecule has 19 heavy (non-hydrogen) atoms. The van der Waals surface area contributed by atoms with E-state index in [1.54, 1.807) is 0 Å². The summed E-state index contributed by atoms with van der Waals surface area (Å²) in [7, 11) is 1.92. The number of hydrogen-bond donors (Lipinski definition) is 2. The molecule has 2 rings (SSSR count). The lowest BCUT2D eigenvalue weighted by molar-refractivity contribution is 0.514. The Hall–Kier alpha value is -1.36. The molecular weight excluding hydrogens is 260 g/mol. The molecule has 4 nitrogen and oxygen atoms in total. The monoisotopic (exact) mass is 278 g/mol. The van der Waals surface area contributed by atoms with E-state index in [1.807, 2.05) is 42.3 Å². The van der Waals surface area contributed by atoms with Gasteiger partial charge in [-0.15, -0.1) is 0 Å². The molecular formula is C14H19ClN4. The second-order valence-corrected chi connectivity index (χ2v) is 5.22. The van der Waals surface area contributed by atoms with Crippen LogP contribution in [0.15, 0.2) is 30.6 Å². The maximum absolute atomic E-state index is 6.06. The zero-order valence-corrected chi connectivity index (χ0v) is 12.0. The average molecular weight is 279 g/mol. The third-order valence-corrected chi connectivity index (χ3v) is 3.53. The minimum absolute atomic E-state index is 0.0962. The maximum Gasteiger partial charge on any atom is 0.0521 e. The number of hydrogen-bond acceptors (Lipinski definition) is 3. The predicted molar refractivity (Wildman–Crippen MR) is 77.8 cm³/mol. The molecule has 1 heterocycles. The summed E-state index contributed by atoms with van der Waals surface area (Å²) in [5, 5.41) is 4.91. The van der Waals surface area contributed by atoms with Crippen LogP contribution in [-0.4, -0.2) is 9.78 Å². The van der Waals surface area contributed by atoms with E-state index in [1.165, 1.54) is 11.1 Å². The smallest absolute Gasteiger partial charge is 0.0521 e. The first kappa shape index (κ1) is 14.1. The number of aryl methyl sites for hydroxylation is 3. The molecule has 0 fully saturated rings. The quantitative estimate of drug-likeness (QED) is 0.653. The molecule has 102 valence electrons. The molecule has 1 aromatic carbocycles. The van der Waals surface area contributed by atoms with Gasteiger partial charge < -0.3 is 0 Å². The molecule has 0 bridgehead atoms. The summed E-state index contributed by atoms with van der Waals surface area (Å²) in [4.78, 5) is 0. The van der Waals surface area contributed by atoms with Crippen LogP contribution in [0.2, 0.25) is 5.02 Å². The molecule has 2 aromatic rings. The van der Waals surface area contributed by atoms with E-state index in [9.17, 15) is 0 Å². The first-order valence-corrected chi connectivity index (χ1v) is 6.67. The zero-order chi connectivity index (χ0) is 13.8. The number of aromatic nitrogens is 2. The van der Waals surface area contributed by atoms with Crippen LogP contribution in [-0.2, 0) is 13.5 Å². The number of nitrogens with zero attached hydrogens (tertiary/aromatic N) is 2. The standard InChI is InChI=1S/C14H19ClN4/c1-10-3-5-12(15)7-13(10)14(18-16)6-4-11-8-17-19(2)9-11/h3,5,7-9,14,18H,4,6,16H2,1-2H3. The van der Waals surface area contributed by atoms with Crippen molar-refractivity contribution >= 4 is 11.6 Å². The Bertz CT molecular complexity index is 550. The van der Waals surface area contributed by atoms with Gasteiger partial charge in [0.2, 0.25) is 0 Å². The second-order valence-electron chi connectivity index (χ2n) is 4.78. The normalized spacial score (nSPS) is 12.6. The van der Waals surface area contributed by atoms with Crippen molar-refractivity contribution in [1.82, 2.24) is 15.2 Å². The maximum atomic E-state index is 6.06. The molecule has 0 spiro atoms. The van der Waals surface area contributed by atoms with Crippen molar-refractivity contribution in [1.29, 1.82) is 0 Å². The van der Waals surface area contributed by atoms with Crippen molar-refractivity contribution in [3.63, 3.8) is 0 Å². The summed E-state index contributed by atoms with van der Waals surface area (Å²) in [6, 6.07) is 5.99. The Kier molecular flexibility index (Phi) is 4.58. The summed E-state index contributed by atoms with van der Waals surface area (Å²) >= 11 is 6.06. The van der Waals surface area contributed by atoms with Crippen LogP contribution in [0.1, 0.15) is 29.2 Å². The molecule has 0 saturated carbocycles. The van der Waals surface area contributed by atoms with Crippen LogP contribution >= 0.6 is 11.6 Å². The van der Waals surface area contributed by atoms with E-state index in [-0.39, 0.29) is 6.04 Å². The fourth-order valence-electron chi connectivity index (χ4n) is 2.23.